The third-order valence-electron chi connectivity index (χ3n) is 8.17. The number of amides is 2. The van der Waals surface area contributed by atoms with Crippen molar-refractivity contribution in [1.82, 2.24) is 15.5 Å². The second-order valence-electron chi connectivity index (χ2n) is 11.1. The maximum Gasteiger partial charge on any atom is 0.407 e. The molecule has 0 spiro atoms. The summed E-state index contributed by atoms with van der Waals surface area (Å²) in [7, 11) is 1.84. The monoisotopic (exact) mass is 555 g/mol. The van der Waals surface area contributed by atoms with Crippen LogP contribution in [0.1, 0.15) is 48.3 Å². The van der Waals surface area contributed by atoms with Gasteiger partial charge in [-0.25, -0.2) is 9.59 Å². The zero-order valence-corrected chi connectivity index (χ0v) is 23.3. The lowest BCUT2D eigenvalue weighted by molar-refractivity contribution is -0.143. The standard InChI is InChI=1S/C33H37N3O5/c1-36(19-22-9-3-2-4-10-22)20-30(32(38)39)35-31(37)23-15-17-24(18-16-23)34-33(40)41-21-29-27-13-7-5-11-25(27)26-12-6-8-14-28(26)29/h2-14,23-24,29-30H,15-21H2,1H3,(H,34,40)(H,35,37)(H,38,39). The van der Waals surface area contributed by atoms with Gasteiger partial charge < -0.3 is 20.5 Å². The Kier molecular flexibility index (Phi) is 8.99. The van der Waals surface area contributed by atoms with Crippen molar-refractivity contribution >= 4 is 18.0 Å². The molecule has 3 N–H and O–H groups in total. The minimum Gasteiger partial charge on any atom is -0.480 e. The summed E-state index contributed by atoms with van der Waals surface area (Å²) >= 11 is 0. The van der Waals surface area contributed by atoms with Gasteiger partial charge in [0.25, 0.3) is 0 Å². The number of benzene rings is 3. The van der Waals surface area contributed by atoms with Gasteiger partial charge in [0.15, 0.2) is 0 Å². The molecule has 3 aromatic carbocycles. The van der Waals surface area contributed by atoms with Crippen LogP contribution in [-0.4, -0.2) is 60.3 Å². The molecule has 1 unspecified atom stereocenters. The van der Waals surface area contributed by atoms with Crippen molar-refractivity contribution in [3.8, 4) is 11.1 Å². The Balaban J connectivity index is 1.06. The molecule has 0 heterocycles. The molecule has 2 aliphatic carbocycles. The SMILES string of the molecule is CN(Cc1ccccc1)CC(NC(=O)C1CCC(NC(=O)OCC2c3ccccc3-c3ccccc32)CC1)C(=O)O. The molecule has 8 heteroatoms. The fourth-order valence-corrected chi connectivity index (χ4v) is 6.05. The Morgan fingerprint density at radius 2 is 1.46 bits per heavy atom. The van der Waals surface area contributed by atoms with Crippen LogP contribution >= 0.6 is 0 Å². The molecule has 2 aliphatic rings. The molecule has 0 aliphatic heterocycles. The summed E-state index contributed by atoms with van der Waals surface area (Å²) in [6.07, 6.45) is 1.97. The van der Waals surface area contributed by atoms with Gasteiger partial charge >= 0.3 is 12.1 Å². The lowest BCUT2D eigenvalue weighted by Gasteiger charge is -2.30. The van der Waals surface area contributed by atoms with E-state index in [0.717, 1.165) is 5.56 Å². The number of nitrogens with one attached hydrogen (secondary N) is 2. The van der Waals surface area contributed by atoms with Crippen LogP contribution < -0.4 is 10.6 Å². The first kappa shape index (κ1) is 28.4. The summed E-state index contributed by atoms with van der Waals surface area (Å²) in [5.74, 6) is -1.58. The van der Waals surface area contributed by atoms with Gasteiger partial charge in [0.2, 0.25) is 5.91 Å². The van der Waals surface area contributed by atoms with Crippen molar-refractivity contribution in [2.24, 2.45) is 5.92 Å². The molecule has 41 heavy (non-hydrogen) atoms. The Morgan fingerprint density at radius 1 is 0.878 bits per heavy atom. The number of alkyl carbamates (subject to hydrolysis) is 1. The van der Waals surface area contributed by atoms with Crippen LogP contribution in [-0.2, 0) is 20.9 Å². The van der Waals surface area contributed by atoms with Crippen molar-refractivity contribution in [2.45, 2.75) is 50.2 Å². The second-order valence-corrected chi connectivity index (χ2v) is 11.1. The predicted octanol–water partition coefficient (Wildman–Crippen LogP) is 4.79. The number of carboxylic acids is 1. The van der Waals surface area contributed by atoms with Gasteiger partial charge in [0.05, 0.1) is 0 Å². The molecule has 1 fully saturated rings. The fourth-order valence-electron chi connectivity index (χ4n) is 6.05. The molecule has 5 rings (SSSR count). The highest BCUT2D eigenvalue weighted by Gasteiger charge is 2.32. The van der Waals surface area contributed by atoms with Gasteiger partial charge in [0, 0.05) is 31.0 Å². The van der Waals surface area contributed by atoms with Crippen molar-refractivity contribution in [2.75, 3.05) is 20.2 Å². The van der Waals surface area contributed by atoms with Crippen LogP contribution in [0, 0.1) is 5.92 Å². The van der Waals surface area contributed by atoms with Crippen molar-refractivity contribution in [3.05, 3.63) is 95.6 Å². The first-order valence-corrected chi connectivity index (χ1v) is 14.3. The van der Waals surface area contributed by atoms with Crippen LogP contribution in [0.4, 0.5) is 4.79 Å². The molecule has 3 aromatic rings. The molecule has 0 saturated heterocycles. The third kappa shape index (κ3) is 6.95. The smallest absolute Gasteiger partial charge is 0.407 e. The average Bonchev–Trinajstić information content (AvgIpc) is 3.30. The number of carbonyl (C=O) groups excluding carboxylic acids is 2. The van der Waals surface area contributed by atoms with Gasteiger partial charge in [-0.1, -0.05) is 78.9 Å². The number of rotatable bonds is 10. The number of carboxylic acid groups (broad SMARTS) is 1. The average molecular weight is 556 g/mol. The van der Waals surface area contributed by atoms with E-state index in [1.165, 1.54) is 22.3 Å². The first-order chi connectivity index (χ1) is 19.9. The van der Waals surface area contributed by atoms with Crippen LogP contribution in [0.3, 0.4) is 0 Å². The molecule has 0 bridgehead atoms. The topological polar surface area (TPSA) is 108 Å². The van der Waals surface area contributed by atoms with E-state index in [2.05, 4.69) is 34.9 Å². The van der Waals surface area contributed by atoms with E-state index in [1.807, 2.05) is 66.5 Å². The van der Waals surface area contributed by atoms with Crippen LogP contribution in [0.2, 0.25) is 0 Å². The maximum atomic E-state index is 12.9. The minimum absolute atomic E-state index is 0.00139. The Bertz CT molecular complexity index is 1320. The molecule has 0 radical (unpaired) electrons. The number of hydrogen-bond donors (Lipinski definition) is 3. The van der Waals surface area contributed by atoms with Crippen LogP contribution in [0.15, 0.2) is 78.9 Å². The number of nitrogens with zero attached hydrogens (tertiary/aromatic N) is 1. The van der Waals surface area contributed by atoms with E-state index < -0.39 is 18.1 Å². The zero-order chi connectivity index (χ0) is 28.8. The molecule has 8 nitrogen and oxygen atoms in total. The maximum absolute atomic E-state index is 12.9. The molecule has 1 saturated carbocycles. The van der Waals surface area contributed by atoms with E-state index in [4.69, 9.17) is 4.74 Å². The number of aliphatic carboxylic acids is 1. The normalized spacial score (nSPS) is 18.7. The molecule has 214 valence electrons. The highest BCUT2D eigenvalue weighted by Crippen LogP contribution is 2.44. The van der Waals surface area contributed by atoms with Crippen molar-refractivity contribution < 1.29 is 24.2 Å². The molecular weight excluding hydrogens is 518 g/mol. The summed E-state index contributed by atoms with van der Waals surface area (Å²) in [5, 5.41) is 15.4. The van der Waals surface area contributed by atoms with Gasteiger partial charge in [-0.3, -0.25) is 9.69 Å². The summed E-state index contributed by atoms with van der Waals surface area (Å²) in [6, 6.07) is 25.2. The number of fused-ring (bicyclic) bond motifs is 3. The number of carbonyl (C=O) groups is 3. The van der Waals surface area contributed by atoms with Crippen molar-refractivity contribution in [3.63, 3.8) is 0 Å². The van der Waals surface area contributed by atoms with E-state index >= 15 is 0 Å². The summed E-state index contributed by atoms with van der Waals surface area (Å²) < 4.78 is 5.68. The number of ether oxygens (including phenoxy) is 1. The molecular formula is C33H37N3O5. The van der Waals surface area contributed by atoms with E-state index in [0.29, 0.717) is 32.2 Å². The molecule has 1 atom stereocenters. The number of hydrogen-bond acceptors (Lipinski definition) is 5. The molecule has 0 aromatic heterocycles. The van der Waals surface area contributed by atoms with E-state index in [9.17, 15) is 19.5 Å². The number of likely N-dealkylation sites (N-methyl/N-ethyl adjacent to an activating group) is 1. The third-order valence-corrected chi connectivity index (χ3v) is 8.17. The Labute approximate surface area is 240 Å². The van der Waals surface area contributed by atoms with Gasteiger partial charge in [-0.05, 0) is 60.5 Å². The first-order valence-electron chi connectivity index (χ1n) is 14.3. The lowest BCUT2D eigenvalue weighted by atomic mass is 9.85. The van der Waals surface area contributed by atoms with E-state index in [-0.39, 0.29) is 36.9 Å². The zero-order valence-electron chi connectivity index (χ0n) is 23.3. The fraction of sp³-hybridized carbons (Fsp3) is 0.364. The molecule has 2 amide bonds. The van der Waals surface area contributed by atoms with Crippen LogP contribution in [0.25, 0.3) is 11.1 Å². The second kappa shape index (κ2) is 13.0. The Morgan fingerprint density at radius 3 is 2.07 bits per heavy atom. The van der Waals surface area contributed by atoms with Gasteiger partial charge in [-0.15, -0.1) is 0 Å². The highest BCUT2D eigenvalue weighted by atomic mass is 16.5. The summed E-state index contributed by atoms with van der Waals surface area (Å²) in [4.78, 5) is 39.4. The van der Waals surface area contributed by atoms with Crippen molar-refractivity contribution in [1.29, 1.82) is 0 Å². The van der Waals surface area contributed by atoms with E-state index in [1.54, 1.807) is 0 Å². The Hall–Kier alpha value is -4.17. The quantitative estimate of drug-likeness (QED) is 0.332. The lowest BCUT2D eigenvalue weighted by Crippen LogP contribution is -2.50. The van der Waals surface area contributed by atoms with Gasteiger partial charge in [-0.2, -0.15) is 0 Å². The minimum atomic E-state index is -1.05. The van der Waals surface area contributed by atoms with Gasteiger partial charge in [0.1, 0.15) is 12.6 Å². The van der Waals surface area contributed by atoms with Crippen LogP contribution in [0.5, 0.6) is 0 Å². The highest BCUT2D eigenvalue weighted by molar-refractivity contribution is 5.85. The largest absolute Gasteiger partial charge is 0.480 e. The summed E-state index contributed by atoms with van der Waals surface area (Å²) in [6.45, 7) is 1.05. The summed E-state index contributed by atoms with van der Waals surface area (Å²) in [5.41, 5.74) is 5.77. The predicted molar refractivity (Wildman–Crippen MR) is 156 cm³/mol.